The van der Waals surface area contributed by atoms with Crippen molar-refractivity contribution in [3.05, 3.63) is 52.7 Å². The van der Waals surface area contributed by atoms with Crippen molar-refractivity contribution in [3.63, 3.8) is 0 Å². The van der Waals surface area contributed by atoms with Gasteiger partial charge in [-0.15, -0.1) is 0 Å². The van der Waals surface area contributed by atoms with Crippen molar-refractivity contribution in [1.82, 2.24) is 4.98 Å². The molecule has 0 aliphatic rings. The Morgan fingerprint density at radius 3 is 2.74 bits per heavy atom. The second-order valence-corrected chi connectivity index (χ2v) is 5.07. The van der Waals surface area contributed by atoms with Gasteiger partial charge in [-0.3, -0.25) is 0 Å². The maximum absolute atomic E-state index is 6.12. The second kappa shape index (κ2) is 6.04. The molecule has 0 atom stereocenters. The fourth-order valence-electron chi connectivity index (χ4n) is 1.70. The van der Waals surface area contributed by atoms with Gasteiger partial charge in [0.2, 0.25) is 5.88 Å². The molecule has 2 N–H and O–H groups in total. The summed E-state index contributed by atoms with van der Waals surface area (Å²) in [6.07, 6.45) is 1.67. The highest BCUT2D eigenvalue weighted by Crippen LogP contribution is 2.29. The quantitative estimate of drug-likeness (QED) is 0.914. The van der Waals surface area contributed by atoms with E-state index >= 15 is 0 Å². The molecule has 100 valence electrons. The standard InChI is InChI=1S/C15H17ClN2O/c1-10(2)12-4-3-5-13(7-12)19-15-14(16)6-11(8-17)9-18-15/h3-7,9-10H,8,17H2,1-2H3. The molecule has 0 fully saturated rings. The predicted molar refractivity (Wildman–Crippen MR) is 77.7 cm³/mol. The van der Waals surface area contributed by atoms with Gasteiger partial charge in [-0.25, -0.2) is 4.98 Å². The van der Waals surface area contributed by atoms with E-state index in [0.717, 1.165) is 11.3 Å². The SMILES string of the molecule is CC(C)c1cccc(Oc2ncc(CN)cc2Cl)c1. The van der Waals surface area contributed by atoms with Crippen LogP contribution >= 0.6 is 11.6 Å². The number of ether oxygens (including phenoxy) is 1. The molecular weight excluding hydrogens is 260 g/mol. The van der Waals surface area contributed by atoms with Crippen molar-refractivity contribution >= 4 is 11.6 Å². The van der Waals surface area contributed by atoms with Crippen molar-refractivity contribution in [2.75, 3.05) is 0 Å². The molecule has 1 aromatic heterocycles. The minimum Gasteiger partial charge on any atom is -0.438 e. The molecule has 2 rings (SSSR count). The number of nitrogens with two attached hydrogens (primary N) is 1. The van der Waals surface area contributed by atoms with E-state index in [1.165, 1.54) is 5.56 Å². The van der Waals surface area contributed by atoms with Gasteiger partial charge in [0.05, 0.1) is 0 Å². The molecule has 0 aliphatic carbocycles. The summed E-state index contributed by atoms with van der Waals surface area (Å²) >= 11 is 6.12. The molecule has 0 saturated carbocycles. The van der Waals surface area contributed by atoms with Crippen LogP contribution < -0.4 is 10.5 Å². The van der Waals surface area contributed by atoms with Crippen LogP contribution in [0, 0.1) is 0 Å². The molecule has 0 spiro atoms. The van der Waals surface area contributed by atoms with Crippen LogP contribution in [0.4, 0.5) is 0 Å². The second-order valence-electron chi connectivity index (χ2n) is 4.66. The molecule has 0 aliphatic heterocycles. The summed E-state index contributed by atoms with van der Waals surface area (Å²) in [4.78, 5) is 4.18. The topological polar surface area (TPSA) is 48.1 Å². The third-order valence-electron chi connectivity index (χ3n) is 2.84. The van der Waals surface area contributed by atoms with E-state index in [1.54, 1.807) is 12.3 Å². The zero-order valence-corrected chi connectivity index (χ0v) is 11.8. The van der Waals surface area contributed by atoms with Crippen molar-refractivity contribution in [1.29, 1.82) is 0 Å². The minimum atomic E-state index is 0.403. The Kier molecular flexibility index (Phi) is 4.40. The van der Waals surface area contributed by atoms with Crippen LogP contribution in [0.1, 0.15) is 30.9 Å². The Morgan fingerprint density at radius 2 is 2.11 bits per heavy atom. The summed E-state index contributed by atoms with van der Waals surface area (Å²) < 4.78 is 5.72. The Balaban J connectivity index is 2.23. The first-order valence-electron chi connectivity index (χ1n) is 6.22. The number of rotatable bonds is 4. The van der Waals surface area contributed by atoms with Gasteiger partial charge in [0, 0.05) is 12.7 Å². The maximum Gasteiger partial charge on any atom is 0.238 e. The van der Waals surface area contributed by atoms with Crippen LogP contribution in [0.2, 0.25) is 5.02 Å². The molecule has 3 nitrogen and oxygen atoms in total. The Bertz CT molecular complexity index is 570. The van der Waals surface area contributed by atoms with Gasteiger partial charge in [0.1, 0.15) is 10.8 Å². The summed E-state index contributed by atoms with van der Waals surface area (Å²) in [5.74, 6) is 1.59. The normalized spacial score (nSPS) is 10.8. The fraction of sp³-hybridized carbons (Fsp3) is 0.267. The van der Waals surface area contributed by atoms with E-state index in [4.69, 9.17) is 22.1 Å². The Morgan fingerprint density at radius 1 is 1.32 bits per heavy atom. The van der Waals surface area contributed by atoms with Crippen LogP contribution in [-0.2, 0) is 6.54 Å². The lowest BCUT2D eigenvalue weighted by molar-refractivity contribution is 0.462. The molecule has 0 radical (unpaired) electrons. The van der Waals surface area contributed by atoms with Crippen LogP contribution in [0.25, 0.3) is 0 Å². The number of pyridine rings is 1. The van der Waals surface area contributed by atoms with E-state index in [0.29, 0.717) is 23.4 Å². The summed E-state index contributed by atoms with van der Waals surface area (Å²) in [5, 5.41) is 0.470. The molecule has 1 heterocycles. The monoisotopic (exact) mass is 276 g/mol. The average molecular weight is 277 g/mol. The lowest BCUT2D eigenvalue weighted by Crippen LogP contribution is -1.98. The molecule has 0 amide bonds. The summed E-state index contributed by atoms with van der Waals surface area (Å²) in [6, 6.07) is 9.70. The number of hydrogen-bond donors (Lipinski definition) is 1. The molecule has 19 heavy (non-hydrogen) atoms. The molecular formula is C15H17ClN2O. The average Bonchev–Trinajstić information content (AvgIpc) is 2.41. The molecule has 4 heteroatoms. The Hall–Kier alpha value is -1.58. The van der Waals surface area contributed by atoms with Crippen molar-refractivity contribution < 1.29 is 4.74 Å². The highest BCUT2D eigenvalue weighted by molar-refractivity contribution is 6.31. The summed E-state index contributed by atoms with van der Waals surface area (Å²) in [7, 11) is 0. The smallest absolute Gasteiger partial charge is 0.238 e. The van der Waals surface area contributed by atoms with E-state index < -0.39 is 0 Å². The lowest BCUT2D eigenvalue weighted by atomic mass is 10.0. The van der Waals surface area contributed by atoms with Gasteiger partial charge in [-0.1, -0.05) is 37.6 Å². The lowest BCUT2D eigenvalue weighted by Gasteiger charge is -2.10. The van der Waals surface area contributed by atoms with Gasteiger partial charge in [0.25, 0.3) is 0 Å². The van der Waals surface area contributed by atoms with Crippen LogP contribution in [0.5, 0.6) is 11.6 Å². The van der Waals surface area contributed by atoms with Gasteiger partial charge in [0.15, 0.2) is 0 Å². The Labute approximate surface area is 118 Å². The van der Waals surface area contributed by atoms with Gasteiger partial charge in [-0.05, 0) is 35.2 Å². The summed E-state index contributed by atoms with van der Waals surface area (Å²) in [5.41, 5.74) is 7.63. The predicted octanol–water partition coefficient (Wildman–Crippen LogP) is 4.11. The molecule has 0 saturated heterocycles. The molecule has 0 unspecified atom stereocenters. The third-order valence-corrected chi connectivity index (χ3v) is 3.11. The largest absolute Gasteiger partial charge is 0.438 e. The highest BCUT2D eigenvalue weighted by atomic mass is 35.5. The maximum atomic E-state index is 6.12. The molecule has 0 bridgehead atoms. The van der Waals surface area contributed by atoms with Gasteiger partial charge < -0.3 is 10.5 Å². The first-order chi connectivity index (χ1) is 9.10. The number of aromatic nitrogens is 1. The van der Waals surface area contributed by atoms with E-state index in [-0.39, 0.29) is 0 Å². The first-order valence-corrected chi connectivity index (χ1v) is 6.60. The number of halogens is 1. The first kappa shape index (κ1) is 13.8. The zero-order valence-electron chi connectivity index (χ0n) is 11.1. The van der Waals surface area contributed by atoms with Crippen LogP contribution in [0.3, 0.4) is 0 Å². The van der Waals surface area contributed by atoms with E-state index in [9.17, 15) is 0 Å². The fourth-order valence-corrected chi connectivity index (χ4v) is 1.93. The highest BCUT2D eigenvalue weighted by Gasteiger charge is 2.07. The minimum absolute atomic E-state index is 0.403. The van der Waals surface area contributed by atoms with Gasteiger partial charge >= 0.3 is 0 Å². The zero-order chi connectivity index (χ0) is 13.8. The van der Waals surface area contributed by atoms with Crippen LogP contribution in [-0.4, -0.2) is 4.98 Å². The van der Waals surface area contributed by atoms with Crippen molar-refractivity contribution in [2.24, 2.45) is 5.73 Å². The summed E-state index contributed by atoms with van der Waals surface area (Å²) in [6.45, 7) is 4.69. The molecule has 1 aromatic carbocycles. The number of nitrogens with zero attached hydrogens (tertiary/aromatic N) is 1. The van der Waals surface area contributed by atoms with Crippen molar-refractivity contribution in [2.45, 2.75) is 26.3 Å². The van der Waals surface area contributed by atoms with E-state index in [1.807, 2.05) is 18.2 Å². The van der Waals surface area contributed by atoms with Crippen LogP contribution in [0.15, 0.2) is 36.5 Å². The van der Waals surface area contributed by atoms with Gasteiger partial charge in [-0.2, -0.15) is 0 Å². The number of benzene rings is 1. The third kappa shape index (κ3) is 3.46. The van der Waals surface area contributed by atoms with E-state index in [2.05, 4.69) is 24.9 Å². The molecule has 2 aromatic rings. The van der Waals surface area contributed by atoms with Crippen molar-refractivity contribution in [3.8, 4) is 11.6 Å². The number of hydrogen-bond acceptors (Lipinski definition) is 3.